The molecule has 166 valence electrons. The highest BCUT2D eigenvalue weighted by Crippen LogP contribution is 2.32. The van der Waals surface area contributed by atoms with Crippen molar-refractivity contribution in [3.05, 3.63) is 58.6 Å². The Bertz CT molecular complexity index is 1120. The van der Waals surface area contributed by atoms with Crippen LogP contribution in [-0.4, -0.2) is 40.6 Å². The van der Waals surface area contributed by atoms with Crippen LogP contribution in [0.2, 0.25) is 0 Å². The molecule has 1 fully saturated rings. The van der Waals surface area contributed by atoms with Crippen LogP contribution in [-0.2, 0) is 16.1 Å². The zero-order valence-electron chi connectivity index (χ0n) is 18.3. The maximum absolute atomic E-state index is 12.1. The first-order valence-electron chi connectivity index (χ1n) is 10.6. The van der Waals surface area contributed by atoms with Gasteiger partial charge in [-0.25, -0.2) is 4.79 Å². The molecule has 32 heavy (non-hydrogen) atoms. The molecule has 0 atom stereocenters. The molecule has 0 unspecified atom stereocenters. The number of hydrogen-bond donors (Lipinski definition) is 0. The molecule has 1 saturated heterocycles. The van der Waals surface area contributed by atoms with E-state index in [1.165, 1.54) is 7.11 Å². The Kier molecular flexibility index (Phi) is 6.50. The van der Waals surface area contributed by atoms with Crippen molar-refractivity contribution < 1.29 is 19.1 Å². The van der Waals surface area contributed by atoms with Gasteiger partial charge in [-0.1, -0.05) is 31.3 Å². The standard InChI is InChI=1S/C24H25N3O4S/c1-15(2)22-25-26-23(32-22)16-8-10-19(11-9-16)31-20-13-17(24(29)30-3)6-7-18(20)14-27-12-4-5-21(27)28/h6-11,13,15H,4-5,12,14H2,1-3H3. The zero-order valence-corrected chi connectivity index (χ0v) is 19.1. The molecule has 8 heteroatoms. The molecule has 0 radical (unpaired) electrons. The summed E-state index contributed by atoms with van der Waals surface area (Å²) in [5.74, 6) is 1.19. The van der Waals surface area contributed by atoms with E-state index < -0.39 is 5.97 Å². The van der Waals surface area contributed by atoms with Crippen molar-refractivity contribution in [3.8, 4) is 22.1 Å². The molecule has 2 aromatic carbocycles. The average Bonchev–Trinajstić information content (AvgIpc) is 3.44. The lowest BCUT2D eigenvalue weighted by molar-refractivity contribution is -0.128. The fraction of sp³-hybridized carbons (Fsp3) is 0.333. The molecule has 0 aliphatic carbocycles. The summed E-state index contributed by atoms with van der Waals surface area (Å²) in [5.41, 5.74) is 2.20. The summed E-state index contributed by atoms with van der Waals surface area (Å²) in [5, 5.41) is 10.4. The van der Waals surface area contributed by atoms with Crippen molar-refractivity contribution in [1.82, 2.24) is 15.1 Å². The highest BCUT2D eigenvalue weighted by atomic mass is 32.1. The van der Waals surface area contributed by atoms with Crippen LogP contribution in [0.1, 0.15) is 53.5 Å². The van der Waals surface area contributed by atoms with Crippen LogP contribution in [0.15, 0.2) is 42.5 Å². The summed E-state index contributed by atoms with van der Waals surface area (Å²) < 4.78 is 11.0. The SMILES string of the molecule is COC(=O)c1ccc(CN2CCCC2=O)c(Oc2ccc(-c3nnc(C(C)C)s3)cc2)c1. The molecule has 3 aromatic rings. The molecular weight excluding hydrogens is 426 g/mol. The van der Waals surface area contributed by atoms with Gasteiger partial charge in [-0.15, -0.1) is 10.2 Å². The van der Waals surface area contributed by atoms with Gasteiger partial charge in [0.2, 0.25) is 5.91 Å². The van der Waals surface area contributed by atoms with Crippen LogP contribution >= 0.6 is 11.3 Å². The van der Waals surface area contributed by atoms with Crippen molar-refractivity contribution >= 4 is 23.2 Å². The first-order chi connectivity index (χ1) is 15.4. The lowest BCUT2D eigenvalue weighted by Crippen LogP contribution is -2.24. The normalized spacial score (nSPS) is 13.6. The molecule has 4 rings (SSSR count). The second-order valence-electron chi connectivity index (χ2n) is 7.96. The Balaban J connectivity index is 1.58. The molecule has 2 heterocycles. The highest BCUT2D eigenvalue weighted by molar-refractivity contribution is 7.14. The number of methoxy groups -OCH3 is 1. The van der Waals surface area contributed by atoms with E-state index in [2.05, 4.69) is 24.0 Å². The van der Waals surface area contributed by atoms with Gasteiger partial charge in [0.05, 0.1) is 12.7 Å². The minimum Gasteiger partial charge on any atom is -0.465 e. The number of benzene rings is 2. The van der Waals surface area contributed by atoms with Crippen LogP contribution < -0.4 is 4.74 Å². The van der Waals surface area contributed by atoms with E-state index in [0.29, 0.717) is 35.9 Å². The van der Waals surface area contributed by atoms with Crippen molar-refractivity contribution in [2.45, 2.75) is 39.2 Å². The van der Waals surface area contributed by atoms with E-state index in [9.17, 15) is 9.59 Å². The zero-order chi connectivity index (χ0) is 22.7. The van der Waals surface area contributed by atoms with Gasteiger partial charge in [0.1, 0.15) is 21.5 Å². The Hall–Kier alpha value is -3.26. The Labute approximate surface area is 191 Å². The number of likely N-dealkylation sites (tertiary alicyclic amines) is 1. The third-order valence-corrected chi connectivity index (χ3v) is 6.56. The Morgan fingerprint density at radius 3 is 2.56 bits per heavy atom. The number of rotatable bonds is 7. The van der Waals surface area contributed by atoms with E-state index in [-0.39, 0.29) is 5.91 Å². The van der Waals surface area contributed by atoms with Gasteiger partial charge in [-0.3, -0.25) is 4.79 Å². The summed E-state index contributed by atoms with van der Waals surface area (Å²) in [7, 11) is 1.34. The van der Waals surface area contributed by atoms with Gasteiger partial charge in [-0.05, 0) is 42.8 Å². The second-order valence-corrected chi connectivity index (χ2v) is 8.97. The van der Waals surface area contributed by atoms with E-state index in [0.717, 1.165) is 34.1 Å². The number of ether oxygens (including phenoxy) is 2. The fourth-order valence-corrected chi connectivity index (χ4v) is 4.33. The largest absolute Gasteiger partial charge is 0.465 e. The lowest BCUT2D eigenvalue weighted by Gasteiger charge is -2.19. The third kappa shape index (κ3) is 4.80. The number of amides is 1. The molecule has 1 aliphatic heterocycles. The third-order valence-electron chi connectivity index (χ3n) is 5.28. The minimum absolute atomic E-state index is 0.134. The van der Waals surface area contributed by atoms with Gasteiger partial charge in [-0.2, -0.15) is 0 Å². The van der Waals surface area contributed by atoms with Gasteiger partial charge in [0.25, 0.3) is 0 Å². The summed E-state index contributed by atoms with van der Waals surface area (Å²) in [6.07, 6.45) is 1.43. The molecule has 0 N–H and O–H groups in total. The number of aromatic nitrogens is 2. The van der Waals surface area contributed by atoms with Gasteiger partial charge < -0.3 is 14.4 Å². The molecule has 0 spiro atoms. The molecule has 1 amide bonds. The Morgan fingerprint density at radius 1 is 1.16 bits per heavy atom. The molecule has 0 saturated carbocycles. The topological polar surface area (TPSA) is 81.6 Å². The smallest absolute Gasteiger partial charge is 0.337 e. The van der Waals surface area contributed by atoms with Crippen LogP contribution in [0.5, 0.6) is 11.5 Å². The average molecular weight is 452 g/mol. The van der Waals surface area contributed by atoms with E-state index >= 15 is 0 Å². The van der Waals surface area contributed by atoms with Crippen LogP contribution in [0, 0.1) is 0 Å². The van der Waals surface area contributed by atoms with E-state index in [4.69, 9.17) is 9.47 Å². The summed E-state index contributed by atoms with van der Waals surface area (Å²) >= 11 is 1.58. The fourth-order valence-electron chi connectivity index (χ4n) is 3.48. The van der Waals surface area contributed by atoms with Crippen LogP contribution in [0.25, 0.3) is 10.6 Å². The predicted molar refractivity (Wildman–Crippen MR) is 122 cm³/mol. The molecular formula is C24H25N3O4S. The number of carbonyl (C=O) groups is 2. The van der Waals surface area contributed by atoms with Gasteiger partial charge in [0, 0.05) is 36.6 Å². The minimum atomic E-state index is -0.439. The first-order valence-corrected chi connectivity index (χ1v) is 11.4. The van der Waals surface area contributed by atoms with E-state index in [1.807, 2.05) is 35.2 Å². The van der Waals surface area contributed by atoms with Crippen LogP contribution in [0.3, 0.4) is 0 Å². The molecule has 1 aliphatic rings. The number of esters is 1. The maximum atomic E-state index is 12.1. The monoisotopic (exact) mass is 451 g/mol. The molecule has 1 aromatic heterocycles. The maximum Gasteiger partial charge on any atom is 0.337 e. The number of carbonyl (C=O) groups excluding carboxylic acids is 2. The Morgan fingerprint density at radius 2 is 1.94 bits per heavy atom. The summed E-state index contributed by atoms with van der Waals surface area (Å²) in [6, 6.07) is 12.8. The highest BCUT2D eigenvalue weighted by Gasteiger charge is 2.22. The summed E-state index contributed by atoms with van der Waals surface area (Å²) in [4.78, 5) is 25.9. The van der Waals surface area contributed by atoms with E-state index in [1.54, 1.807) is 23.5 Å². The van der Waals surface area contributed by atoms with Crippen LogP contribution in [0.4, 0.5) is 0 Å². The van der Waals surface area contributed by atoms with Crippen molar-refractivity contribution in [3.63, 3.8) is 0 Å². The van der Waals surface area contributed by atoms with Crippen molar-refractivity contribution in [2.75, 3.05) is 13.7 Å². The molecule has 7 nitrogen and oxygen atoms in total. The van der Waals surface area contributed by atoms with Crippen molar-refractivity contribution in [1.29, 1.82) is 0 Å². The molecule has 0 bridgehead atoms. The first kappa shape index (κ1) is 22.0. The summed E-state index contributed by atoms with van der Waals surface area (Å²) in [6.45, 7) is 5.36. The second kappa shape index (κ2) is 9.48. The number of hydrogen-bond acceptors (Lipinski definition) is 7. The lowest BCUT2D eigenvalue weighted by atomic mass is 10.1. The quantitative estimate of drug-likeness (QED) is 0.469. The van der Waals surface area contributed by atoms with Gasteiger partial charge in [0.15, 0.2) is 0 Å². The predicted octanol–water partition coefficient (Wildman–Crippen LogP) is 5.03. The van der Waals surface area contributed by atoms with Gasteiger partial charge >= 0.3 is 5.97 Å². The number of nitrogens with zero attached hydrogens (tertiary/aromatic N) is 3. The van der Waals surface area contributed by atoms with Crippen molar-refractivity contribution in [2.24, 2.45) is 0 Å².